The van der Waals surface area contributed by atoms with Crippen LogP contribution in [-0.4, -0.2) is 51.6 Å². The zero-order chi connectivity index (χ0) is 28.7. The van der Waals surface area contributed by atoms with Crippen molar-refractivity contribution < 1.29 is 29.5 Å². The van der Waals surface area contributed by atoms with Crippen molar-refractivity contribution in [3.05, 3.63) is 144 Å². The molecule has 4 aromatic rings. The van der Waals surface area contributed by atoms with Gasteiger partial charge in [0, 0.05) is 12.8 Å². The Balaban J connectivity index is 1.51. The molecule has 41 heavy (non-hydrogen) atoms. The van der Waals surface area contributed by atoms with E-state index in [-0.39, 0.29) is 32.2 Å². The summed E-state index contributed by atoms with van der Waals surface area (Å²) < 4.78 is 18.8. The fourth-order valence-corrected chi connectivity index (χ4v) is 5.62. The zero-order valence-corrected chi connectivity index (χ0v) is 23.3. The number of aliphatic hydroxyl groups is 3. The van der Waals surface area contributed by atoms with Crippen LogP contribution in [0.2, 0.25) is 0 Å². The van der Waals surface area contributed by atoms with Gasteiger partial charge in [0.2, 0.25) is 0 Å². The SMILES string of the molecule is CC(OC[C@H]1OC(O)[C@](O)(Cc2ccccc2)[C@](O)(Cc2ccccc2)[C@@H]1OCc1ccccc1)c1ccccc1. The summed E-state index contributed by atoms with van der Waals surface area (Å²) in [7, 11) is 0. The predicted octanol–water partition coefficient (Wildman–Crippen LogP) is 5.01. The summed E-state index contributed by atoms with van der Waals surface area (Å²) in [5.41, 5.74) is -0.594. The minimum Gasteiger partial charge on any atom is -0.383 e. The molecule has 0 aromatic heterocycles. The summed E-state index contributed by atoms with van der Waals surface area (Å²) in [6.07, 6.45) is -3.89. The maximum absolute atomic E-state index is 12.7. The van der Waals surface area contributed by atoms with E-state index in [4.69, 9.17) is 14.2 Å². The molecular formula is C35H38O6. The molecule has 0 saturated carbocycles. The lowest BCUT2D eigenvalue weighted by Crippen LogP contribution is -2.76. The smallest absolute Gasteiger partial charge is 0.187 e. The van der Waals surface area contributed by atoms with Crippen molar-refractivity contribution in [2.75, 3.05) is 6.61 Å². The monoisotopic (exact) mass is 554 g/mol. The fraction of sp³-hybridized carbons (Fsp3) is 0.314. The predicted molar refractivity (Wildman–Crippen MR) is 157 cm³/mol. The fourth-order valence-electron chi connectivity index (χ4n) is 5.62. The summed E-state index contributed by atoms with van der Waals surface area (Å²) in [4.78, 5) is 0. The van der Waals surface area contributed by atoms with Gasteiger partial charge in [-0.2, -0.15) is 0 Å². The highest BCUT2D eigenvalue weighted by molar-refractivity contribution is 5.27. The van der Waals surface area contributed by atoms with Crippen molar-refractivity contribution in [1.82, 2.24) is 0 Å². The average Bonchev–Trinajstić information content (AvgIpc) is 3.00. The number of benzene rings is 4. The van der Waals surface area contributed by atoms with Gasteiger partial charge in [-0.3, -0.25) is 0 Å². The van der Waals surface area contributed by atoms with Gasteiger partial charge >= 0.3 is 0 Å². The number of ether oxygens (including phenoxy) is 3. The van der Waals surface area contributed by atoms with Crippen molar-refractivity contribution >= 4 is 0 Å². The van der Waals surface area contributed by atoms with E-state index in [1.165, 1.54) is 0 Å². The van der Waals surface area contributed by atoms with Gasteiger partial charge in [0.1, 0.15) is 17.8 Å². The number of hydrogen-bond donors (Lipinski definition) is 3. The van der Waals surface area contributed by atoms with Crippen LogP contribution in [0, 0.1) is 0 Å². The summed E-state index contributed by atoms with van der Waals surface area (Å²) in [5.74, 6) is 0. The summed E-state index contributed by atoms with van der Waals surface area (Å²) >= 11 is 0. The molecule has 0 bridgehead atoms. The van der Waals surface area contributed by atoms with Crippen LogP contribution in [-0.2, 0) is 33.7 Å². The molecule has 0 spiro atoms. The second kappa shape index (κ2) is 13.1. The van der Waals surface area contributed by atoms with E-state index in [9.17, 15) is 15.3 Å². The lowest BCUT2D eigenvalue weighted by atomic mass is 9.68. The number of aliphatic hydroxyl groups excluding tert-OH is 1. The van der Waals surface area contributed by atoms with Gasteiger partial charge in [0.25, 0.3) is 0 Å². The second-order valence-corrected chi connectivity index (χ2v) is 10.8. The molecule has 6 atom stereocenters. The first kappa shape index (κ1) is 29.1. The van der Waals surface area contributed by atoms with E-state index in [2.05, 4.69) is 0 Å². The Morgan fingerprint density at radius 1 is 0.683 bits per heavy atom. The van der Waals surface area contributed by atoms with Crippen LogP contribution in [0.1, 0.15) is 35.3 Å². The van der Waals surface area contributed by atoms with E-state index < -0.39 is 29.7 Å². The summed E-state index contributed by atoms with van der Waals surface area (Å²) in [6, 6.07) is 38.2. The lowest BCUT2D eigenvalue weighted by molar-refractivity contribution is -0.372. The third-order valence-electron chi connectivity index (χ3n) is 7.96. The van der Waals surface area contributed by atoms with Crippen molar-refractivity contribution in [2.45, 2.75) is 62.2 Å². The quantitative estimate of drug-likeness (QED) is 0.242. The summed E-state index contributed by atoms with van der Waals surface area (Å²) in [5, 5.41) is 36.4. The molecule has 0 radical (unpaired) electrons. The zero-order valence-electron chi connectivity index (χ0n) is 23.3. The third-order valence-corrected chi connectivity index (χ3v) is 7.96. The maximum Gasteiger partial charge on any atom is 0.187 e. The van der Waals surface area contributed by atoms with Gasteiger partial charge in [-0.15, -0.1) is 0 Å². The molecule has 1 heterocycles. The average molecular weight is 555 g/mol. The Bertz CT molecular complexity index is 1340. The Hall–Kier alpha value is -3.36. The normalized spacial score (nSPS) is 26.9. The van der Waals surface area contributed by atoms with Gasteiger partial charge in [-0.25, -0.2) is 0 Å². The molecule has 1 aliphatic heterocycles. The molecule has 214 valence electrons. The van der Waals surface area contributed by atoms with Gasteiger partial charge in [-0.05, 0) is 29.2 Å². The largest absolute Gasteiger partial charge is 0.383 e. The van der Waals surface area contributed by atoms with Crippen LogP contribution in [0.5, 0.6) is 0 Å². The Morgan fingerprint density at radius 2 is 1.15 bits per heavy atom. The number of hydrogen-bond acceptors (Lipinski definition) is 6. The molecule has 5 rings (SSSR count). The third kappa shape index (κ3) is 6.60. The van der Waals surface area contributed by atoms with Gasteiger partial charge in [0.05, 0.1) is 19.3 Å². The maximum atomic E-state index is 12.7. The molecule has 0 amide bonds. The Labute approximate surface area is 241 Å². The van der Waals surface area contributed by atoms with Crippen molar-refractivity contribution in [3.63, 3.8) is 0 Å². The van der Waals surface area contributed by atoms with E-state index in [1.807, 2.05) is 128 Å². The van der Waals surface area contributed by atoms with Crippen molar-refractivity contribution in [2.24, 2.45) is 0 Å². The highest BCUT2D eigenvalue weighted by Crippen LogP contribution is 2.44. The van der Waals surface area contributed by atoms with Crippen LogP contribution in [0.3, 0.4) is 0 Å². The van der Waals surface area contributed by atoms with Crippen molar-refractivity contribution in [1.29, 1.82) is 0 Å². The number of rotatable bonds is 11. The van der Waals surface area contributed by atoms with Crippen LogP contribution >= 0.6 is 0 Å². The first-order valence-corrected chi connectivity index (χ1v) is 14.1. The molecule has 1 fully saturated rings. The van der Waals surface area contributed by atoms with Gasteiger partial charge in [-0.1, -0.05) is 121 Å². The molecule has 0 aliphatic carbocycles. The summed E-state index contributed by atoms with van der Waals surface area (Å²) in [6.45, 7) is 2.15. The molecular weight excluding hydrogens is 516 g/mol. The molecule has 6 heteroatoms. The molecule has 3 N–H and O–H groups in total. The molecule has 1 aliphatic rings. The minimum absolute atomic E-state index is 0.0296. The Kier molecular flexibility index (Phi) is 9.30. The molecule has 4 aromatic carbocycles. The topological polar surface area (TPSA) is 88.4 Å². The van der Waals surface area contributed by atoms with Crippen LogP contribution in [0.15, 0.2) is 121 Å². The first-order chi connectivity index (χ1) is 19.9. The van der Waals surface area contributed by atoms with E-state index in [0.717, 1.165) is 22.3 Å². The molecule has 2 unspecified atom stereocenters. The highest BCUT2D eigenvalue weighted by atomic mass is 16.7. The van der Waals surface area contributed by atoms with E-state index >= 15 is 0 Å². The van der Waals surface area contributed by atoms with Crippen molar-refractivity contribution in [3.8, 4) is 0 Å². The van der Waals surface area contributed by atoms with E-state index in [0.29, 0.717) is 0 Å². The Morgan fingerprint density at radius 3 is 1.68 bits per heavy atom. The van der Waals surface area contributed by atoms with Crippen LogP contribution in [0.4, 0.5) is 0 Å². The standard InChI is InChI=1S/C35H38O6/c1-26(30-20-12-5-13-21-30)39-25-31-32(40-24-29-18-10-4-11-19-29)34(37,22-27-14-6-2-7-15-27)35(38,33(36)41-31)23-28-16-8-3-9-17-28/h2-21,26,31-33,36-38H,22-25H2,1H3/t26?,31-,32-,33?,34+,35-/m1/s1. The van der Waals surface area contributed by atoms with Crippen LogP contribution < -0.4 is 0 Å². The highest BCUT2D eigenvalue weighted by Gasteiger charge is 2.65. The molecule has 1 saturated heterocycles. The first-order valence-electron chi connectivity index (χ1n) is 14.1. The van der Waals surface area contributed by atoms with Crippen LogP contribution in [0.25, 0.3) is 0 Å². The van der Waals surface area contributed by atoms with Gasteiger partial charge < -0.3 is 29.5 Å². The minimum atomic E-state index is -2.09. The van der Waals surface area contributed by atoms with E-state index in [1.54, 1.807) is 0 Å². The van der Waals surface area contributed by atoms with Gasteiger partial charge in [0.15, 0.2) is 11.9 Å². The lowest BCUT2D eigenvalue weighted by Gasteiger charge is -2.55. The second-order valence-electron chi connectivity index (χ2n) is 10.8. The molecule has 6 nitrogen and oxygen atoms in total.